The van der Waals surface area contributed by atoms with E-state index in [9.17, 15) is 14.9 Å². The molecule has 1 aromatic rings. The molecule has 6 heteroatoms. The van der Waals surface area contributed by atoms with Crippen LogP contribution in [0, 0.1) is 10.1 Å². The van der Waals surface area contributed by atoms with Gasteiger partial charge < -0.3 is 9.64 Å². The maximum atomic E-state index is 11.7. The number of carbonyl (C=O) groups excluding carboxylic acids is 1. The number of anilines is 1. The summed E-state index contributed by atoms with van der Waals surface area (Å²) in [7, 11) is 1.30. The average molecular weight is 292 g/mol. The lowest BCUT2D eigenvalue weighted by atomic mass is 9.96. The molecule has 0 spiro atoms. The number of ether oxygens (including phenoxy) is 1. The molecule has 1 aromatic carbocycles. The van der Waals surface area contributed by atoms with Gasteiger partial charge in [0.15, 0.2) is 0 Å². The Labute approximate surface area is 123 Å². The Balaban J connectivity index is 2.52. The van der Waals surface area contributed by atoms with Gasteiger partial charge >= 0.3 is 5.97 Å². The van der Waals surface area contributed by atoms with Crippen LogP contribution >= 0.6 is 0 Å². The van der Waals surface area contributed by atoms with Crippen molar-refractivity contribution < 1.29 is 14.5 Å². The minimum atomic E-state index is -0.483. The van der Waals surface area contributed by atoms with Gasteiger partial charge in [0, 0.05) is 18.2 Å². The average Bonchev–Trinajstić information content (AvgIpc) is 2.46. The van der Waals surface area contributed by atoms with E-state index in [1.807, 2.05) is 4.90 Å². The molecule has 1 heterocycles. The highest BCUT2D eigenvalue weighted by Gasteiger charge is 2.30. The molecule has 0 bridgehead atoms. The fourth-order valence-corrected chi connectivity index (χ4v) is 3.03. The second kappa shape index (κ2) is 6.11. The van der Waals surface area contributed by atoms with E-state index in [4.69, 9.17) is 4.74 Å². The summed E-state index contributed by atoms with van der Waals surface area (Å²) in [6, 6.07) is 4.81. The zero-order valence-corrected chi connectivity index (χ0v) is 12.5. The number of methoxy groups -OCH3 is 1. The minimum Gasteiger partial charge on any atom is -0.465 e. The number of rotatable bonds is 3. The molecular formula is C15H20N2O4. The summed E-state index contributed by atoms with van der Waals surface area (Å²) in [6.07, 6.45) is 3.09. The first kappa shape index (κ1) is 15.3. The Morgan fingerprint density at radius 3 is 2.48 bits per heavy atom. The summed E-state index contributed by atoms with van der Waals surface area (Å²) in [6.45, 7) is 4.12. The van der Waals surface area contributed by atoms with Crippen LogP contribution in [0.15, 0.2) is 18.2 Å². The summed E-state index contributed by atoms with van der Waals surface area (Å²) in [5.74, 6) is -0.483. The molecular weight excluding hydrogens is 272 g/mol. The molecule has 1 fully saturated rings. The normalized spacial score (nSPS) is 22.0. The second-order valence-electron chi connectivity index (χ2n) is 5.49. The second-order valence-corrected chi connectivity index (χ2v) is 5.49. The summed E-state index contributed by atoms with van der Waals surface area (Å²) in [4.78, 5) is 24.6. The van der Waals surface area contributed by atoms with Crippen LogP contribution in [-0.4, -0.2) is 30.1 Å². The Morgan fingerprint density at radius 1 is 1.33 bits per heavy atom. The number of piperidine rings is 1. The smallest absolute Gasteiger partial charge is 0.337 e. The monoisotopic (exact) mass is 292 g/mol. The van der Waals surface area contributed by atoms with Crippen molar-refractivity contribution in [2.45, 2.75) is 45.2 Å². The highest BCUT2D eigenvalue weighted by Crippen LogP contribution is 2.36. The van der Waals surface area contributed by atoms with Crippen LogP contribution < -0.4 is 4.90 Å². The van der Waals surface area contributed by atoms with Crippen LogP contribution in [0.4, 0.5) is 11.4 Å². The van der Waals surface area contributed by atoms with Crippen LogP contribution in [-0.2, 0) is 4.74 Å². The highest BCUT2D eigenvalue weighted by molar-refractivity contribution is 5.91. The first-order chi connectivity index (χ1) is 9.95. The standard InChI is InChI=1S/C15H20N2O4/c1-10-5-4-6-11(2)16(10)14-9-12(15(18)21-3)7-8-13(14)17(19)20/h7-11H,4-6H2,1-3H3. The van der Waals surface area contributed by atoms with Crippen molar-refractivity contribution in [3.63, 3.8) is 0 Å². The number of nitrogens with zero attached hydrogens (tertiary/aromatic N) is 2. The molecule has 2 unspecified atom stereocenters. The van der Waals surface area contributed by atoms with E-state index in [2.05, 4.69) is 13.8 Å². The number of benzene rings is 1. The van der Waals surface area contributed by atoms with Gasteiger partial charge in [0.1, 0.15) is 5.69 Å². The van der Waals surface area contributed by atoms with E-state index in [0.717, 1.165) is 19.3 Å². The maximum absolute atomic E-state index is 11.7. The molecule has 6 nitrogen and oxygen atoms in total. The molecule has 1 saturated heterocycles. The summed E-state index contributed by atoms with van der Waals surface area (Å²) in [5.41, 5.74) is 0.869. The number of hydrogen-bond acceptors (Lipinski definition) is 5. The Bertz CT molecular complexity index is 549. The molecule has 21 heavy (non-hydrogen) atoms. The molecule has 114 valence electrons. The van der Waals surface area contributed by atoms with Crippen molar-refractivity contribution in [2.24, 2.45) is 0 Å². The van der Waals surface area contributed by atoms with E-state index in [-0.39, 0.29) is 17.8 Å². The zero-order valence-electron chi connectivity index (χ0n) is 12.5. The first-order valence-electron chi connectivity index (χ1n) is 7.10. The van der Waals surface area contributed by atoms with Crippen molar-refractivity contribution in [2.75, 3.05) is 12.0 Å². The Morgan fingerprint density at radius 2 is 1.95 bits per heavy atom. The minimum absolute atomic E-state index is 0.0308. The molecule has 0 aliphatic carbocycles. The SMILES string of the molecule is COC(=O)c1ccc([N+](=O)[O-])c(N2C(C)CCCC2C)c1. The predicted molar refractivity (Wildman–Crippen MR) is 79.7 cm³/mol. The molecule has 0 saturated carbocycles. The molecule has 0 N–H and O–H groups in total. The van der Waals surface area contributed by atoms with Crippen LogP contribution in [0.25, 0.3) is 0 Å². The van der Waals surface area contributed by atoms with E-state index in [1.54, 1.807) is 6.07 Å². The van der Waals surface area contributed by atoms with Gasteiger partial charge in [0.05, 0.1) is 17.6 Å². The molecule has 2 rings (SSSR count). The van der Waals surface area contributed by atoms with Gasteiger partial charge in [-0.1, -0.05) is 0 Å². The van der Waals surface area contributed by atoms with Crippen molar-refractivity contribution in [1.29, 1.82) is 0 Å². The van der Waals surface area contributed by atoms with Gasteiger partial charge in [0.2, 0.25) is 0 Å². The van der Waals surface area contributed by atoms with E-state index in [1.165, 1.54) is 19.2 Å². The molecule has 1 aliphatic rings. The largest absolute Gasteiger partial charge is 0.465 e. The van der Waals surface area contributed by atoms with Gasteiger partial charge in [0.25, 0.3) is 5.69 Å². The number of hydrogen-bond donors (Lipinski definition) is 0. The van der Waals surface area contributed by atoms with Gasteiger partial charge in [-0.2, -0.15) is 0 Å². The quantitative estimate of drug-likeness (QED) is 0.486. The van der Waals surface area contributed by atoms with Gasteiger partial charge in [-0.05, 0) is 45.2 Å². The van der Waals surface area contributed by atoms with Gasteiger partial charge in [-0.25, -0.2) is 4.79 Å². The highest BCUT2D eigenvalue weighted by atomic mass is 16.6. The third-order valence-electron chi connectivity index (χ3n) is 4.06. The summed E-state index contributed by atoms with van der Waals surface area (Å²) < 4.78 is 4.71. The van der Waals surface area contributed by atoms with E-state index in [0.29, 0.717) is 11.3 Å². The van der Waals surface area contributed by atoms with Crippen molar-refractivity contribution >= 4 is 17.3 Å². The van der Waals surface area contributed by atoms with Crippen LogP contribution in [0.2, 0.25) is 0 Å². The molecule has 2 atom stereocenters. The fraction of sp³-hybridized carbons (Fsp3) is 0.533. The number of nitro groups is 1. The molecule has 0 radical (unpaired) electrons. The fourth-order valence-electron chi connectivity index (χ4n) is 3.03. The summed E-state index contributed by atoms with van der Waals surface area (Å²) in [5, 5.41) is 11.3. The Kier molecular flexibility index (Phi) is 4.45. The molecule has 0 amide bonds. The number of nitro benzene ring substituents is 1. The number of carbonyl (C=O) groups is 1. The van der Waals surface area contributed by atoms with Crippen molar-refractivity contribution in [1.82, 2.24) is 0 Å². The van der Waals surface area contributed by atoms with E-state index < -0.39 is 10.9 Å². The molecule has 1 aliphatic heterocycles. The van der Waals surface area contributed by atoms with E-state index >= 15 is 0 Å². The lowest BCUT2D eigenvalue weighted by molar-refractivity contribution is -0.384. The van der Waals surface area contributed by atoms with Crippen LogP contribution in [0.3, 0.4) is 0 Å². The lowest BCUT2D eigenvalue weighted by Crippen LogP contribution is -2.44. The maximum Gasteiger partial charge on any atom is 0.337 e. The Hall–Kier alpha value is -2.11. The van der Waals surface area contributed by atoms with Gasteiger partial charge in [-0.3, -0.25) is 10.1 Å². The van der Waals surface area contributed by atoms with Crippen molar-refractivity contribution in [3.05, 3.63) is 33.9 Å². The molecule has 0 aromatic heterocycles. The topological polar surface area (TPSA) is 72.7 Å². The first-order valence-corrected chi connectivity index (χ1v) is 7.10. The van der Waals surface area contributed by atoms with Crippen molar-refractivity contribution in [3.8, 4) is 0 Å². The van der Waals surface area contributed by atoms with Crippen LogP contribution in [0.5, 0.6) is 0 Å². The number of esters is 1. The van der Waals surface area contributed by atoms with Crippen LogP contribution in [0.1, 0.15) is 43.5 Å². The predicted octanol–water partition coefficient (Wildman–Crippen LogP) is 3.15. The van der Waals surface area contributed by atoms with Gasteiger partial charge in [-0.15, -0.1) is 0 Å². The third kappa shape index (κ3) is 2.99. The third-order valence-corrected chi connectivity index (χ3v) is 4.06. The summed E-state index contributed by atoms with van der Waals surface area (Å²) >= 11 is 0. The lowest BCUT2D eigenvalue weighted by Gasteiger charge is -2.40. The zero-order chi connectivity index (χ0) is 15.6.